The third-order valence-electron chi connectivity index (χ3n) is 5.27. The highest BCUT2D eigenvalue weighted by molar-refractivity contribution is 7.17. The summed E-state index contributed by atoms with van der Waals surface area (Å²) in [5, 5.41) is 1.99. The van der Waals surface area contributed by atoms with E-state index >= 15 is 0 Å². The van der Waals surface area contributed by atoms with Gasteiger partial charge >= 0.3 is 0 Å². The Labute approximate surface area is 171 Å². The first kappa shape index (κ1) is 17.9. The second kappa shape index (κ2) is 7.33. The largest absolute Gasteiger partial charge is 0.366 e. The predicted molar refractivity (Wildman–Crippen MR) is 117 cm³/mol. The van der Waals surface area contributed by atoms with Crippen molar-refractivity contribution in [1.82, 2.24) is 9.97 Å². The Kier molecular flexibility index (Phi) is 4.52. The molecule has 1 aliphatic heterocycles. The second-order valence-corrected chi connectivity index (χ2v) is 7.89. The van der Waals surface area contributed by atoms with E-state index in [1.54, 1.807) is 12.1 Å². The lowest BCUT2D eigenvalue weighted by molar-refractivity contribution is 0.594. The number of aromatic amines is 1. The average Bonchev–Trinajstić information content (AvgIpc) is 3.20. The van der Waals surface area contributed by atoms with E-state index in [-0.39, 0.29) is 11.4 Å². The van der Waals surface area contributed by atoms with Crippen LogP contribution in [0.15, 0.2) is 64.8 Å². The van der Waals surface area contributed by atoms with E-state index in [1.807, 2.05) is 46.7 Å². The lowest BCUT2D eigenvalue weighted by Gasteiger charge is -2.36. The van der Waals surface area contributed by atoms with Crippen molar-refractivity contribution in [3.05, 3.63) is 76.1 Å². The number of para-hydroxylation sites is 1. The number of nitrogens with one attached hydrogen (secondary N) is 1. The maximum atomic E-state index is 14.1. The standard InChI is InChI=1S/C22H19FN4OS/c23-17-8-4-5-9-18(17)26-10-12-27(13-11-26)22-24-19-16(15-6-2-1-3-7-15)14-29-20(19)21(28)25-22/h1-9,14H,10-13H2,(H,24,25,28). The number of fused-ring (bicyclic) bond motifs is 1. The molecule has 3 heterocycles. The highest BCUT2D eigenvalue weighted by Gasteiger charge is 2.22. The predicted octanol–water partition coefficient (Wildman–Crippen LogP) is 4.12. The van der Waals surface area contributed by atoms with Crippen molar-refractivity contribution in [2.45, 2.75) is 0 Å². The lowest BCUT2D eigenvalue weighted by Crippen LogP contribution is -2.47. The van der Waals surface area contributed by atoms with Gasteiger partial charge in [0.25, 0.3) is 5.56 Å². The van der Waals surface area contributed by atoms with Crippen LogP contribution in [0.1, 0.15) is 0 Å². The highest BCUT2D eigenvalue weighted by Crippen LogP contribution is 2.31. The number of piperazine rings is 1. The highest BCUT2D eigenvalue weighted by atomic mass is 32.1. The Morgan fingerprint density at radius 3 is 2.38 bits per heavy atom. The molecule has 0 saturated carbocycles. The van der Waals surface area contributed by atoms with Gasteiger partial charge in [-0.15, -0.1) is 11.3 Å². The molecule has 146 valence electrons. The van der Waals surface area contributed by atoms with Gasteiger partial charge in [0.05, 0.1) is 11.2 Å². The number of hydrogen-bond acceptors (Lipinski definition) is 5. The van der Waals surface area contributed by atoms with E-state index < -0.39 is 0 Å². The van der Waals surface area contributed by atoms with E-state index in [9.17, 15) is 9.18 Å². The van der Waals surface area contributed by atoms with Gasteiger partial charge in [-0.2, -0.15) is 0 Å². The molecule has 0 radical (unpaired) electrons. The number of nitrogens with zero attached hydrogens (tertiary/aromatic N) is 3. The lowest BCUT2D eigenvalue weighted by atomic mass is 10.1. The number of halogens is 1. The minimum Gasteiger partial charge on any atom is -0.366 e. The molecule has 2 aromatic carbocycles. The summed E-state index contributed by atoms with van der Waals surface area (Å²) in [5.74, 6) is 0.367. The molecule has 7 heteroatoms. The molecule has 5 rings (SSSR count). The molecule has 0 unspecified atom stereocenters. The van der Waals surface area contributed by atoms with Gasteiger partial charge in [-0.1, -0.05) is 42.5 Å². The zero-order valence-electron chi connectivity index (χ0n) is 15.6. The zero-order chi connectivity index (χ0) is 19.8. The summed E-state index contributed by atoms with van der Waals surface area (Å²) in [4.78, 5) is 24.5. The van der Waals surface area contributed by atoms with Gasteiger partial charge in [0.2, 0.25) is 5.95 Å². The summed E-state index contributed by atoms with van der Waals surface area (Å²) < 4.78 is 14.7. The van der Waals surface area contributed by atoms with Crippen LogP contribution in [0.2, 0.25) is 0 Å². The van der Waals surface area contributed by atoms with Crippen LogP contribution in [0.3, 0.4) is 0 Å². The normalized spacial score (nSPS) is 14.5. The van der Waals surface area contributed by atoms with E-state index in [0.29, 0.717) is 42.5 Å². The molecule has 0 bridgehead atoms. The summed E-state index contributed by atoms with van der Waals surface area (Å²) in [6, 6.07) is 16.8. The molecule has 5 nitrogen and oxygen atoms in total. The van der Waals surface area contributed by atoms with Crippen molar-refractivity contribution >= 4 is 33.2 Å². The van der Waals surface area contributed by atoms with Crippen LogP contribution in [-0.2, 0) is 0 Å². The summed E-state index contributed by atoms with van der Waals surface area (Å²) in [6.07, 6.45) is 0. The van der Waals surface area contributed by atoms with E-state index in [1.165, 1.54) is 17.4 Å². The molecule has 1 aliphatic rings. The van der Waals surface area contributed by atoms with E-state index in [2.05, 4.69) is 9.88 Å². The molecule has 4 aromatic rings. The first-order valence-electron chi connectivity index (χ1n) is 9.52. The van der Waals surface area contributed by atoms with Gasteiger partial charge in [-0.3, -0.25) is 9.78 Å². The van der Waals surface area contributed by atoms with Gasteiger partial charge in [-0.25, -0.2) is 9.37 Å². The van der Waals surface area contributed by atoms with Crippen LogP contribution in [0, 0.1) is 5.82 Å². The number of rotatable bonds is 3. The molecular formula is C22H19FN4OS. The van der Waals surface area contributed by atoms with Crippen molar-refractivity contribution in [1.29, 1.82) is 0 Å². The van der Waals surface area contributed by atoms with Gasteiger partial charge in [0.1, 0.15) is 10.5 Å². The molecule has 1 saturated heterocycles. The summed E-state index contributed by atoms with van der Waals surface area (Å²) in [7, 11) is 0. The molecular weight excluding hydrogens is 387 g/mol. The number of H-pyrrole nitrogens is 1. The van der Waals surface area contributed by atoms with Crippen LogP contribution in [0.25, 0.3) is 21.3 Å². The third kappa shape index (κ3) is 3.27. The van der Waals surface area contributed by atoms with Crippen molar-refractivity contribution in [2.24, 2.45) is 0 Å². The summed E-state index contributed by atoms with van der Waals surface area (Å²) in [6.45, 7) is 2.65. The van der Waals surface area contributed by atoms with E-state index in [0.717, 1.165) is 16.6 Å². The second-order valence-electron chi connectivity index (χ2n) is 7.01. The van der Waals surface area contributed by atoms with Crippen LogP contribution in [-0.4, -0.2) is 36.1 Å². The van der Waals surface area contributed by atoms with Crippen LogP contribution >= 0.6 is 11.3 Å². The number of thiophene rings is 1. The Morgan fingerprint density at radius 1 is 0.931 bits per heavy atom. The fourth-order valence-electron chi connectivity index (χ4n) is 3.76. The minimum atomic E-state index is -0.209. The maximum absolute atomic E-state index is 14.1. The molecule has 1 N–H and O–H groups in total. The third-order valence-corrected chi connectivity index (χ3v) is 6.24. The monoisotopic (exact) mass is 406 g/mol. The minimum absolute atomic E-state index is 0.117. The van der Waals surface area contributed by atoms with Gasteiger partial charge in [-0.05, 0) is 17.7 Å². The Balaban J connectivity index is 1.44. The number of benzene rings is 2. The Bertz CT molecular complexity index is 1210. The summed E-state index contributed by atoms with van der Waals surface area (Å²) >= 11 is 1.42. The molecule has 0 aliphatic carbocycles. The fourth-order valence-corrected chi connectivity index (χ4v) is 4.66. The topological polar surface area (TPSA) is 52.2 Å². The fraction of sp³-hybridized carbons (Fsp3) is 0.182. The molecule has 0 amide bonds. The number of aromatic nitrogens is 2. The van der Waals surface area contributed by atoms with E-state index in [4.69, 9.17) is 4.98 Å². The molecule has 0 atom stereocenters. The first-order valence-corrected chi connectivity index (χ1v) is 10.4. The number of hydrogen-bond donors (Lipinski definition) is 1. The average molecular weight is 406 g/mol. The molecule has 0 spiro atoms. The Morgan fingerprint density at radius 2 is 1.62 bits per heavy atom. The van der Waals surface area contributed by atoms with Crippen molar-refractivity contribution < 1.29 is 4.39 Å². The van der Waals surface area contributed by atoms with Crippen LogP contribution < -0.4 is 15.4 Å². The van der Waals surface area contributed by atoms with Crippen molar-refractivity contribution in [2.75, 3.05) is 36.0 Å². The number of anilines is 2. The van der Waals surface area contributed by atoms with Gasteiger partial charge in [0, 0.05) is 37.1 Å². The SMILES string of the molecule is O=c1[nH]c(N2CCN(c3ccccc3F)CC2)nc2c(-c3ccccc3)csc12. The van der Waals surface area contributed by atoms with Crippen molar-refractivity contribution in [3.63, 3.8) is 0 Å². The Hall–Kier alpha value is -3.19. The quantitative estimate of drug-likeness (QED) is 0.556. The maximum Gasteiger partial charge on any atom is 0.270 e. The van der Waals surface area contributed by atoms with Gasteiger partial charge < -0.3 is 9.80 Å². The first-order chi connectivity index (χ1) is 14.2. The van der Waals surface area contributed by atoms with Crippen LogP contribution in [0.5, 0.6) is 0 Å². The van der Waals surface area contributed by atoms with Crippen molar-refractivity contribution in [3.8, 4) is 11.1 Å². The molecule has 29 heavy (non-hydrogen) atoms. The smallest absolute Gasteiger partial charge is 0.270 e. The zero-order valence-corrected chi connectivity index (χ0v) is 16.5. The molecule has 1 fully saturated rings. The van der Waals surface area contributed by atoms with Crippen LogP contribution in [0.4, 0.5) is 16.0 Å². The summed E-state index contributed by atoms with van der Waals surface area (Å²) in [5.41, 5.74) is 3.26. The molecule has 2 aromatic heterocycles. The van der Waals surface area contributed by atoms with Gasteiger partial charge in [0.15, 0.2) is 0 Å².